The number of aromatic nitrogens is 4. The van der Waals surface area contributed by atoms with Gasteiger partial charge in [0.25, 0.3) is 5.56 Å². The molecular formula is C26H20N6O2S. The first kappa shape index (κ1) is 22.4. The van der Waals surface area contributed by atoms with Crippen LogP contribution in [0.3, 0.4) is 0 Å². The zero-order valence-electron chi connectivity index (χ0n) is 18.8. The van der Waals surface area contributed by atoms with E-state index in [0.29, 0.717) is 39.6 Å². The number of benzene rings is 3. The molecule has 2 aromatic heterocycles. The molecule has 5 rings (SSSR count). The first-order chi connectivity index (χ1) is 17.1. The maximum Gasteiger partial charge on any atom is 0.263 e. The Hall–Kier alpha value is -4.42. The van der Waals surface area contributed by atoms with Gasteiger partial charge in [-0.25, -0.2) is 0 Å². The van der Waals surface area contributed by atoms with Crippen molar-refractivity contribution in [3.63, 3.8) is 0 Å². The molecule has 0 saturated heterocycles. The molecule has 0 aliphatic heterocycles. The van der Waals surface area contributed by atoms with E-state index in [1.54, 1.807) is 41.8 Å². The van der Waals surface area contributed by atoms with Crippen LogP contribution in [0, 0.1) is 11.3 Å². The van der Waals surface area contributed by atoms with E-state index >= 15 is 0 Å². The summed E-state index contributed by atoms with van der Waals surface area (Å²) >= 11 is 1.24. The normalized spacial score (nSPS) is 11.9. The first-order valence-electron chi connectivity index (χ1n) is 10.9. The quantitative estimate of drug-likeness (QED) is 0.367. The summed E-state index contributed by atoms with van der Waals surface area (Å²) in [7, 11) is 0. The van der Waals surface area contributed by atoms with Crippen molar-refractivity contribution in [3.05, 3.63) is 100 Å². The van der Waals surface area contributed by atoms with Crippen LogP contribution in [0.15, 0.2) is 88.8 Å². The van der Waals surface area contributed by atoms with E-state index < -0.39 is 5.25 Å². The van der Waals surface area contributed by atoms with Crippen LogP contribution in [0.4, 0.5) is 5.69 Å². The van der Waals surface area contributed by atoms with E-state index in [2.05, 4.69) is 21.6 Å². The Labute approximate surface area is 204 Å². The SMILES string of the molecule is CC(Sc1nnc2n(Cc3ccccc3)c(=O)c3ccccc3n12)C(=O)Nc1ccccc1C#N. The molecular weight excluding hydrogens is 460 g/mol. The summed E-state index contributed by atoms with van der Waals surface area (Å²) in [5, 5.41) is 21.3. The van der Waals surface area contributed by atoms with Crippen LogP contribution >= 0.6 is 11.8 Å². The minimum atomic E-state index is -0.539. The molecule has 35 heavy (non-hydrogen) atoms. The molecule has 0 saturated carbocycles. The summed E-state index contributed by atoms with van der Waals surface area (Å²) in [5.74, 6) is 0.138. The molecule has 172 valence electrons. The van der Waals surface area contributed by atoms with Crippen molar-refractivity contribution in [2.45, 2.75) is 23.9 Å². The van der Waals surface area contributed by atoms with Gasteiger partial charge in [-0.3, -0.25) is 18.6 Å². The van der Waals surface area contributed by atoms with Gasteiger partial charge in [0, 0.05) is 0 Å². The number of anilines is 1. The molecule has 0 aliphatic carbocycles. The number of para-hydroxylation sites is 2. The van der Waals surface area contributed by atoms with E-state index in [0.717, 1.165) is 5.56 Å². The molecule has 0 spiro atoms. The molecule has 0 radical (unpaired) electrons. The van der Waals surface area contributed by atoms with Crippen LogP contribution in [-0.4, -0.2) is 30.3 Å². The van der Waals surface area contributed by atoms with E-state index in [9.17, 15) is 14.9 Å². The average Bonchev–Trinajstić information content (AvgIpc) is 3.31. The number of nitriles is 1. The maximum atomic E-state index is 13.3. The molecule has 1 amide bonds. The number of thioether (sulfide) groups is 1. The van der Waals surface area contributed by atoms with E-state index in [4.69, 9.17) is 0 Å². The Kier molecular flexibility index (Phi) is 6.04. The highest BCUT2D eigenvalue weighted by molar-refractivity contribution is 8.00. The number of nitrogens with zero attached hydrogens (tertiary/aromatic N) is 5. The highest BCUT2D eigenvalue weighted by Gasteiger charge is 2.22. The number of hydrogen-bond donors (Lipinski definition) is 1. The van der Waals surface area contributed by atoms with Crippen molar-refractivity contribution in [1.29, 1.82) is 5.26 Å². The van der Waals surface area contributed by atoms with Gasteiger partial charge in [-0.15, -0.1) is 10.2 Å². The Morgan fingerprint density at radius 3 is 2.54 bits per heavy atom. The number of rotatable bonds is 6. The van der Waals surface area contributed by atoms with E-state index in [-0.39, 0.29) is 11.5 Å². The smallest absolute Gasteiger partial charge is 0.263 e. The third-order valence-corrected chi connectivity index (χ3v) is 6.66. The fraction of sp³-hybridized carbons (Fsp3) is 0.115. The van der Waals surface area contributed by atoms with Crippen LogP contribution in [0.25, 0.3) is 16.7 Å². The number of carbonyl (C=O) groups is 1. The van der Waals surface area contributed by atoms with E-state index in [1.807, 2.05) is 52.9 Å². The summed E-state index contributed by atoms with van der Waals surface area (Å²) in [6, 6.07) is 25.9. The fourth-order valence-electron chi connectivity index (χ4n) is 3.85. The number of carbonyl (C=O) groups excluding carboxylic acids is 1. The molecule has 1 unspecified atom stereocenters. The Balaban J connectivity index is 1.53. The molecule has 1 N–H and O–H groups in total. The van der Waals surface area contributed by atoms with Gasteiger partial charge in [0.1, 0.15) is 6.07 Å². The largest absolute Gasteiger partial charge is 0.324 e. The van der Waals surface area contributed by atoms with Crippen molar-refractivity contribution in [2.75, 3.05) is 5.32 Å². The number of hydrogen-bond acceptors (Lipinski definition) is 6. The molecule has 5 aromatic rings. The van der Waals surface area contributed by atoms with Gasteiger partial charge in [-0.2, -0.15) is 5.26 Å². The second-order valence-electron chi connectivity index (χ2n) is 7.92. The summed E-state index contributed by atoms with van der Waals surface area (Å²) in [4.78, 5) is 26.2. The number of amides is 1. The monoisotopic (exact) mass is 480 g/mol. The lowest BCUT2D eigenvalue weighted by atomic mass is 10.2. The lowest BCUT2D eigenvalue weighted by Gasteiger charge is -2.14. The summed E-state index contributed by atoms with van der Waals surface area (Å²) in [6.07, 6.45) is 0. The maximum absolute atomic E-state index is 13.3. The van der Waals surface area contributed by atoms with Gasteiger partial charge in [0.2, 0.25) is 11.7 Å². The lowest BCUT2D eigenvalue weighted by Crippen LogP contribution is -2.25. The Bertz CT molecular complexity index is 1650. The lowest BCUT2D eigenvalue weighted by molar-refractivity contribution is -0.115. The topological polar surface area (TPSA) is 105 Å². The second-order valence-corrected chi connectivity index (χ2v) is 9.23. The first-order valence-corrected chi connectivity index (χ1v) is 11.8. The average molecular weight is 481 g/mol. The van der Waals surface area contributed by atoms with Crippen LogP contribution < -0.4 is 10.9 Å². The van der Waals surface area contributed by atoms with Gasteiger partial charge >= 0.3 is 0 Å². The van der Waals surface area contributed by atoms with Gasteiger partial charge in [-0.1, -0.05) is 66.4 Å². The highest BCUT2D eigenvalue weighted by Crippen LogP contribution is 2.26. The zero-order valence-corrected chi connectivity index (χ0v) is 19.6. The van der Waals surface area contributed by atoms with Crippen LogP contribution in [0.5, 0.6) is 0 Å². The standard InChI is InChI=1S/C26H20N6O2S/c1-17(23(33)28-21-13-7-5-11-19(21)15-27)35-26-30-29-25-31(16-18-9-3-2-4-10-18)24(34)20-12-6-8-14-22(20)32(25)26/h2-14,17H,16H2,1H3,(H,28,33). The molecule has 3 aromatic carbocycles. The molecule has 2 heterocycles. The molecule has 8 nitrogen and oxygen atoms in total. The van der Waals surface area contributed by atoms with Crippen molar-refractivity contribution in [3.8, 4) is 6.07 Å². The second kappa shape index (κ2) is 9.44. The van der Waals surface area contributed by atoms with Crippen molar-refractivity contribution in [1.82, 2.24) is 19.2 Å². The predicted octanol–water partition coefficient (Wildman–Crippen LogP) is 4.08. The predicted molar refractivity (Wildman–Crippen MR) is 135 cm³/mol. The van der Waals surface area contributed by atoms with Crippen LogP contribution in [-0.2, 0) is 11.3 Å². The Morgan fingerprint density at radius 1 is 1.03 bits per heavy atom. The number of fused-ring (bicyclic) bond motifs is 3. The summed E-state index contributed by atoms with van der Waals surface area (Å²) in [6.45, 7) is 2.11. The molecule has 0 fully saturated rings. The van der Waals surface area contributed by atoms with Gasteiger partial charge in [-0.05, 0) is 36.8 Å². The number of nitrogens with one attached hydrogen (secondary N) is 1. The van der Waals surface area contributed by atoms with Crippen molar-refractivity contribution < 1.29 is 4.79 Å². The Morgan fingerprint density at radius 2 is 1.74 bits per heavy atom. The zero-order chi connectivity index (χ0) is 24.4. The van der Waals surface area contributed by atoms with Crippen molar-refractivity contribution >= 4 is 40.0 Å². The highest BCUT2D eigenvalue weighted by atomic mass is 32.2. The molecule has 0 aliphatic rings. The van der Waals surface area contributed by atoms with Gasteiger partial charge in [0.15, 0.2) is 5.16 Å². The fourth-order valence-corrected chi connectivity index (χ4v) is 4.71. The summed E-state index contributed by atoms with van der Waals surface area (Å²) < 4.78 is 3.42. The third-order valence-electron chi connectivity index (χ3n) is 5.62. The van der Waals surface area contributed by atoms with E-state index in [1.165, 1.54) is 11.8 Å². The minimum absolute atomic E-state index is 0.153. The molecule has 9 heteroatoms. The van der Waals surface area contributed by atoms with Gasteiger partial charge in [0.05, 0.1) is 33.9 Å². The summed E-state index contributed by atoms with van der Waals surface area (Å²) in [5.41, 5.74) is 2.34. The van der Waals surface area contributed by atoms with Crippen LogP contribution in [0.1, 0.15) is 18.1 Å². The van der Waals surface area contributed by atoms with Crippen LogP contribution in [0.2, 0.25) is 0 Å². The third kappa shape index (κ3) is 4.27. The molecule has 0 bridgehead atoms. The minimum Gasteiger partial charge on any atom is -0.324 e. The molecule has 1 atom stereocenters. The van der Waals surface area contributed by atoms with Crippen molar-refractivity contribution in [2.24, 2.45) is 0 Å². The van der Waals surface area contributed by atoms with Gasteiger partial charge < -0.3 is 5.32 Å².